The number of cyclic esters (lactones) is 1. The summed E-state index contributed by atoms with van der Waals surface area (Å²) in [4.78, 5) is 11.5. The zero-order chi connectivity index (χ0) is 11.4. The highest BCUT2D eigenvalue weighted by atomic mass is 16.6. The molecule has 0 aromatic heterocycles. The van der Waals surface area contributed by atoms with E-state index in [4.69, 9.17) is 14.2 Å². The molecule has 1 fully saturated rings. The highest BCUT2D eigenvalue weighted by Crippen LogP contribution is 2.21. The second-order valence-corrected chi connectivity index (χ2v) is 4.40. The molecule has 1 rings (SSSR count). The highest BCUT2D eigenvalue weighted by molar-refractivity contribution is 5.75. The van der Waals surface area contributed by atoms with Crippen molar-refractivity contribution in [3.8, 4) is 0 Å². The minimum absolute atomic E-state index is 0.00649. The molecule has 1 aliphatic heterocycles. The Morgan fingerprint density at radius 2 is 2.13 bits per heavy atom. The van der Waals surface area contributed by atoms with Crippen LogP contribution in [-0.4, -0.2) is 38.5 Å². The standard InChI is InChI=1S/C11H20O4/c1-7(2)9-6-14-11(12)10(15-9)8(3)5-13-4/h7-10H,5-6H2,1-4H3/t8-,9+,10+/m1/s1. The smallest absolute Gasteiger partial charge is 0.335 e. The van der Waals surface area contributed by atoms with Crippen LogP contribution in [0.4, 0.5) is 0 Å². The van der Waals surface area contributed by atoms with Crippen LogP contribution in [0.2, 0.25) is 0 Å². The predicted octanol–water partition coefficient (Wildman–Crippen LogP) is 1.24. The van der Waals surface area contributed by atoms with Gasteiger partial charge in [-0.25, -0.2) is 4.79 Å². The molecule has 3 atom stereocenters. The molecule has 0 aromatic carbocycles. The van der Waals surface area contributed by atoms with Crippen LogP contribution in [0.25, 0.3) is 0 Å². The third kappa shape index (κ3) is 3.18. The molecular formula is C11H20O4. The van der Waals surface area contributed by atoms with Gasteiger partial charge in [0.2, 0.25) is 0 Å². The number of carbonyl (C=O) groups is 1. The van der Waals surface area contributed by atoms with Crippen molar-refractivity contribution < 1.29 is 19.0 Å². The lowest BCUT2D eigenvalue weighted by Crippen LogP contribution is -2.46. The molecule has 4 heteroatoms. The molecule has 0 unspecified atom stereocenters. The number of ether oxygens (including phenoxy) is 3. The van der Waals surface area contributed by atoms with Crippen molar-refractivity contribution in [2.24, 2.45) is 11.8 Å². The van der Waals surface area contributed by atoms with Crippen molar-refractivity contribution in [2.75, 3.05) is 20.3 Å². The minimum atomic E-state index is -0.480. The Bertz CT molecular complexity index is 215. The Labute approximate surface area is 90.9 Å². The molecular weight excluding hydrogens is 196 g/mol. The third-order valence-electron chi connectivity index (χ3n) is 2.63. The van der Waals surface area contributed by atoms with Crippen LogP contribution < -0.4 is 0 Å². The maximum atomic E-state index is 11.5. The summed E-state index contributed by atoms with van der Waals surface area (Å²) in [6, 6.07) is 0. The van der Waals surface area contributed by atoms with Gasteiger partial charge in [0.15, 0.2) is 6.10 Å². The minimum Gasteiger partial charge on any atom is -0.461 e. The van der Waals surface area contributed by atoms with Gasteiger partial charge in [0, 0.05) is 13.0 Å². The lowest BCUT2D eigenvalue weighted by atomic mass is 10.0. The number of esters is 1. The largest absolute Gasteiger partial charge is 0.461 e. The number of carbonyl (C=O) groups excluding carboxylic acids is 1. The van der Waals surface area contributed by atoms with E-state index >= 15 is 0 Å². The first-order chi connectivity index (χ1) is 7.06. The van der Waals surface area contributed by atoms with Gasteiger partial charge in [-0.1, -0.05) is 20.8 Å². The Morgan fingerprint density at radius 1 is 1.47 bits per heavy atom. The molecule has 1 saturated heterocycles. The van der Waals surface area contributed by atoms with Crippen molar-refractivity contribution in [3.05, 3.63) is 0 Å². The van der Waals surface area contributed by atoms with Crippen LogP contribution >= 0.6 is 0 Å². The van der Waals surface area contributed by atoms with Gasteiger partial charge in [-0.05, 0) is 5.92 Å². The number of methoxy groups -OCH3 is 1. The van der Waals surface area contributed by atoms with Gasteiger partial charge >= 0.3 is 5.97 Å². The summed E-state index contributed by atoms with van der Waals surface area (Å²) in [6.07, 6.45) is -0.474. The van der Waals surface area contributed by atoms with E-state index in [1.165, 1.54) is 0 Å². The summed E-state index contributed by atoms with van der Waals surface area (Å²) in [5.74, 6) is 0.121. The molecule has 0 bridgehead atoms. The van der Waals surface area contributed by atoms with E-state index in [9.17, 15) is 4.79 Å². The quantitative estimate of drug-likeness (QED) is 0.663. The summed E-state index contributed by atoms with van der Waals surface area (Å²) < 4.78 is 15.8. The van der Waals surface area contributed by atoms with Crippen LogP contribution in [0.5, 0.6) is 0 Å². The fourth-order valence-corrected chi connectivity index (χ4v) is 1.60. The summed E-state index contributed by atoms with van der Waals surface area (Å²) in [5, 5.41) is 0. The monoisotopic (exact) mass is 216 g/mol. The predicted molar refractivity (Wildman–Crippen MR) is 55.5 cm³/mol. The molecule has 0 radical (unpaired) electrons. The van der Waals surface area contributed by atoms with E-state index in [0.29, 0.717) is 19.1 Å². The summed E-state index contributed by atoms with van der Waals surface area (Å²) in [7, 11) is 1.62. The van der Waals surface area contributed by atoms with Crippen LogP contribution in [0, 0.1) is 11.8 Å². The van der Waals surface area contributed by atoms with E-state index in [1.807, 2.05) is 6.92 Å². The molecule has 0 aliphatic carbocycles. The molecule has 1 aliphatic rings. The zero-order valence-corrected chi connectivity index (χ0v) is 9.86. The Morgan fingerprint density at radius 3 is 2.67 bits per heavy atom. The molecule has 4 nitrogen and oxygen atoms in total. The third-order valence-corrected chi connectivity index (χ3v) is 2.63. The van der Waals surface area contributed by atoms with Gasteiger partial charge < -0.3 is 14.2 Å². The van der Waals surface area contributed by atoms with Gasteiger partial charge in [-0.2, -0.15) is 0 Å². The molecule has 88 valence electrons. The second-order valence-electron chi connectivity index (χ2n) is 4.40. The van der Waals surface area contributed by atoms with Crippen LogP contribution in [0.15, 0.2) is 0 Å². The van der Waals surface area contributed by atoms with Gasteiger partial charge in [0.1, 0.15) is 6.61 Å². The van der Waals surface area contributed by atoms with Crippen LogP contribution in [0.3, 0.4) is 0 Å². The average Bonchev–Trinajstić information content (AvgIpc) is 2.18. The SMILES string of the molecule is COC[C@@H](C)[C@@H]1O[C@H](C(C)C)COC1=O. The average molecular weight is 216 g/mol. The molecule has 0 N–H and O–H groups in total. The normalized spacial score (nSPS) is 29.0. The number of rotatable bonds is 4. The molecule has 15 heavy (non-hydrogen) atoms. The fourth-order valence-electron chi connectivity index (χ4n) is 1.60. The highest BCUT2D eigenvalue weighted by Gasteiger charge is 2.36. The van der Waals surface area contributed by atoms with E-state index < -0.39 is 6.10 Å². The Kier molecular flexibility index (Phi) is 4.54. The fraction of sp³-hybridized carbons (Fsp3) is 0.909. The summed E-state index contributed by atoms with van der Waals surface area (Å²) >= 11 is 0. The van der Waals surface area contributed by atoms with E-state index in [2.05, 4.69) is 13.8 Å². The van der Waals surface area contributed by atoms with Crippen molar-refractivity contribution in [2.45, 2.75) is 33.0 Å². The number of hydrogen-bond acceptors (Lipinski definition) is 4. The van der Waals surface area contributed by atoms with Crippen molar-refractivity contribution in [1.29, 1.82) is 0 Å². The van der Waals surface area contributed by atoms with Crippen molar-refractivity contribution >= 4 is 5.97 Å². The Hall–Kier alpha value is -0.610. The molecule has 0 aromatic rings. The molecule has 1 heterocycles. The molecule has 0 saturated carbocycles. The summed E-state index contributed by atoms with van der Waals surface area (Å²) in [6.45, 7) is 6.92. The first-order valence-corrected chi connectivity index (χ1v) is 5.37. The lowest BCUT2D eigenvalue weighted by molar-refractivity contribution is -0.196. The van der Waals surface area contributed by atoms with Crippen molar-refractivity contribution in [1.82, 2.24) is 0 Å². The van der Waals surface area contributed by atoms with E-state index in [-0.39, 0.29) is 18.0 Å². The molecule has 0 amide bonds. The first kappa shape index (κ1) is 12.5. The second kappa shape index (κ2) is 5.47. The maximum absolute atomic E-state index is 11.5. The van der Waals surface area contributed by atoms with Gasteiger partial charge in [-0.3, -0.25) is 0 Å². The van der Waals surface area contributed by atoms with Crippen LogP contribution in [-0.2, 0) is 19.0 Å². The zero-order valence-electron chi connectivity index (χ0n) is 9.86. The first-order valence-electron chi connectivity index (χ1n) is 5.37. The maximum Gasteiger partial charge on any atom is 0.335 e. The van der Waals surface area contributed by atoms with Crippen LogP contribution in [0.1, 0.15) is 20.8 Å². The van der Waals surface area contributed by atoms with Gasteiger partial charge in [0.25, 0.3) is 0 Å². The van der Waals surface area contributed by atoms with Crippen molar-refractivity contribution in [3.63, 3.8) is 0 Å². The van der Waals surface area contributed by atoms with Gasteiger partial charge in [-0.15, -0.1) is 0 Å². The van der Waals surface area contributed by atoms with Gasteiger partial charge in [0.05, 0.1) is 12.7 Å². The van der Waals surface area contributed by atoms with E-state index in [0.717, 1.165) is 0 Å². The molecule has 0 spiro atoms. The summed E-state index contributed by atoms with van der Waals surface area (Å²) in [5.41, 5.74) is 0. The Balaban J connectivity index is 2.56. The number of hydrogen-bond donors (Lipinski definition) is 0. The lowest BCUT2D eigenvalue weighted by Gasteiger charge is -2.33. The topological polar surface area (TPSA) is 44.8 Å². The van der Waals surface area contributed by atoms with E-state index in [1.54, 1.807) is 7.11 Å².